The highest BCUT2D eigenvalue weighted by atomic mass is 32.1. The van der Waals surface area contributed by atoms with Gasteiger partial charge < -0.3 is 10.2 Å². The van der Waals surface area contributed by atoms with Gasteiger partial charge in [-0.25, -0.2) is 4.39 Å². The minimum absolute atomic E-state index is 0.173. The molecule has 0 heterocycles. The van der Waals surface area contributed by atoms with Gasteiger partial charge in [-0.1, -0.05) is 30.3 Å². The summed E-state index contributed by atoms with van der Waals surface area (Å²) >= 11 is 5.61. The SMILES string of the molecule is Cc1cccc(NC(=S)N(Cc2ccccc2F)C2CC2)c1C. The molecule has 2 aromatic rings. The highest BCUT2D eigenvalue weighted by Crippen LogP contribution is 2.30. The van der Waals surface area contributed by atoms with E-state index in [0.29, 0.717) is 23.3 Å². The van der Waals surface area contributed by atoms with Gasteiger partial charge in [-0.3, -0.25) is 0 Å². The lowest BCUT2D eigenvalue weighted by molar-refractivity contribution is 0.400. The van der Waals surface area contributed by atoms with Crippen LogP contribution < -0.4 is 5.32 Å². The standard InChI is InChI=1S/C19H21FN2S/c1-13-6-5-9-18(14(13)2)21-19(23)22(16-10-11-16)12-15-7-3-4-8-17(15)20/h3-9,16H,10-12H2,1-2H3,(H,21,23). The van der Waals surface area contributed by atoms with Crippen molar-refractivity contribution in [3.63, 3.8) is 0 Å². The van der Waals surface area contributed by atoms with Gasteiger partial charge in [-0.2, -0.15) is 0 Å². The Kier molecular flexibility index (Phi) is 4.62. The molecular weight excluding hydrogens is 307 g/mol. The van der Waals surface area contributed by atoms with Crippen molar-refractivity contribution < 1.29 is 4.39 Å². The summed E-state index contributed by atoms with van der Waals surface area (Å²) < 4.78 is 14.0. The molecule has 0 aromatic heterocycles. The van der Waals surface area contributed by atoms with Crippen LogP contribution in [0.15, 0.2) is 42.5 Å². The summed E-state index contributed by atoms with van der Waals surface area (Å²) in [5.74, 6) is -0.173. The maximum absolute atomic E-state index is 14.0. The van der Waals surface area contributed by atoms with Crippen molar-refractivity contribution >= 4 is 23.0 Å². The number of anilines is 1. The first-order valence-corrected chi connectivity index (χ1v) is 8.34. The van der Waals surface area contributed by atoms with Crippen molar-refractivity contribution in [2.75, 3.05) is 5.32 Å². The first-order chi connectivity index (χ1) is 11.1. The van der Waals surface area contributed by atoms with Gasteiger partial charge in [0, 0.05) is 23.8 Å². The van der Waals surface area contributed by atoms with E-state index in [1.54, 1.807) is 6.07 Å². The largest absolute Gasteiger partial charge is 0.342 e. The number of halogens is 1. The molecule has 2 nitrogen and oxygen atoms in total. The van der Waals surface area contributed by atoms with Crippen LogP contribution in [-0.4, -0.2) is 16.1 Å². The van der Waals surface area contributed by atoms with Gasteiger partial charge in [0.15, 0.2) is 5.11 Å². The van der Waals surface area contributed by atoms with E-state index < -0.39 is 0 Å². The predicted octanol–water partition coefficient (Wildman–Crippen LogP) is 4.80. The van der Waals surface area contributed by atoms with E-state index in [2.05, 4.69) is 30.1 Å². The Morgan fingerprint density at radius 3 is 2.61 bits per heavy atom. The molecule has 4 heteroatoms. The Balaban J connectivity index is 1.77. The molecule has 1 aliphatic carbocycles. The van der Waals surface area contributed by atoms with Crippen LogP contribution in [0.25, 0.3) is 0 Å². The van der Waals surface area contributed by atoms with Crippen molar-refractivity contribution in [3.05, 3.63) is 65.0 Å². The topological polar surface area (TPSA) is 15.3 Å². The van der Waals surface area contributed by atoms with Gasteiger partial charge in [0.25, 0.3) is 0 Å². The summed E-state index contributed by atoms with van der Waals surface area (Å²) in [4.78, 5) is 2.11. The van der Waals surface area contributed by atoms with Crippen LogP contribution in [0.5, 0.6) is 0 Å². The van der Waals surface area contributed by atoms with Gasteiger partial charge in [-0.05, 0) is 62.2 Å². The van der Waals surface area contributed by atoms with E-state index in [-0.39, 0.29) is 5.82 Å². The third-order valence-corrected chi connectivity index (χ3v) is 4.73. The Morgan fingerprint density at radius 1 is 1.17 bits per heavy atom. The minimum Gasteiger partial charge on any atom is -0.342 e. The van der Waals surface area contributed by atoms with Crippen molar-refractivity contribution in [1.29, 1.82) is 0 Å². The molecule has 1 saturated carbocycles. The summed E-state index contributed by atoms with van der Waals surface area (Å²) in [5.41, 5.74) is 4.13. The number of benzene rings is 2. The molecule has 0 bridgehead atoms. The van der Waals surface area contributed by atoms with E-state index >= 15 is 0 Å². The number of rotatable bonds is 4. The molecular formula is C19H21FN2S. The normalized spacial score (nSPS) is 13.7. The minimum atomic E-state index is -0.173. The third kappa shape index (κ3) is 3.70. The Morgan fingerprint density at radius 2 is 1.91 bits per heavy atom. The molecule has 1 aliphatic rings. The fourth-order valence-corrected chi connectivity index (χ4v) is 2.96. The lowest BCUT2D eigenvalue weighted by Crippen LogP contribution is -2.36. The zero-order chi connectivity index (χ0) is 16.4. The van der Waals surface area contributed by atoms with Crippen LogP contribution in [0, 0.1) is 19.7 Å². The van der Waals surface area contributed by atoms with Crippen LogP contribution in [0.4, 0.5) is 10.1 Å². The monoisotopic (exact) mass is 328 g/mol. The summed E-state index contributed by atoms with van der Waals surface area (Å²) in [5, 5.41) is 4.02. The second kappa shape index (κ2) is 6.67. The molecule has 0 aliphatic heterocycles. The van der Waals surface area contributed by atoms with E-state index in [1.165, 1.54) is 17.2 Å². The van der Waals surface area contributed by atoms with Crippen LogP contribution in [0.3, 0.4) is 0 Å². The number of hydrogen-bond acceptors (Lipinski definition) is 1. The first kappa shape index (κ1) is 15.9. The lowest BCUT2D eigenvalue weighted by atomic mass is 10.1. The van der Waals surface area contributed by atoms with Crippen LogP contribution in [0.2, 0.25) is 0 Å². The molecule has 0 atom stereocenters. The number of nitrogens with one attached hydrogen (secondary N) is 1. The zero-order valence-corrected chi connectivity index (χ0v) is 14.3. The van der Waals surface area contributed by atoms with Gasteiger partial charge >= 0.3 is 0 Å². The summed E-state index contributed by atoms with van der Waals surface area (Å²) in [6.07, 6.45) is 2.23. The Hall–Kier alpha value is -1.94. The van der Waals surface area contributed by atoms with Crippen molar-refractivity contribution in [1.82, 2.24) is 4.90 Å². The highest BCUT2D eigenvalue weighted by Gasteiger charge is 2.31. The molecule has 23 heavy (non-hydrogen) atoms. The number of thiocarbonyl (C=S) groups is 1. The summed E-state index contributed by atoms with van der Waals surface area (Å²) in [6.45, 7) is 4.67. The molecule has 0 saturated heterocycles. The highest BCUT2D eigenvalue weighted by molar-refractivity contribution is 7.80. The summed E-state index contributed by atoms with van der Waals surface area (Å²) in [7, 11) is 0. The fourth-order valence-electron chi connectivity index (χ4n) is 2.64. The number of nitrogens with zero attached hydrogens (tertiary/aromatic N) is 1. The average Bonchev–Trinajstić information content (AvgIpc) is 3.35. The second-order valence-electron chi connectivity index (χ2n) is 6.13. The molecule has 1 fully saturated rings. The third-order valence-electron chi connectivity index (χ3n) is 4.39. The Labute approximate surface area is 142 Å². The molecule has 2 aromatic carbocycles. The van der Waals surface area contributed by atoms with Crippen LogP contribution in [0.1, 0.15) is 29.5 Å². The molecule has 0 unspecified atom stereocenters. The number of hydrogen-bond donors (Lipinski definition) is 1. The maximum Gasteiger partial charge on any atom is 0.173 e. The van der Waals surface area contributed by atoms with Gasteiger partial charge in [0.05, 0.1) is 0 Å². The second-order valence-corrected chi connectivity index (χ2v) is 6.51. The molecule has 0 spiro atoms. The van der Waals surface area contributed by atoms with E-state index in [0.717, 1.165) is 18.5 Å². The smallest absolute Gasteiger partial charge is 0.173 e. The van der Waals surface area contributed by atoms with Crippen LogP contribution in [-0.2, 0) is 6.54 Å². The average molecular weight is 328 g/mol. The molecule has 0 amide bonds. The Bertz CT molecular complexity index is 725. The van der Waals surface area contributed by atoms with Gasteiger partial charge in [0.1, 0.15) is 5.82 Å². The molecule has 3 rings (SSSR count). The zero-order valence-electron chi connectivity index (χ0n) is 13.5. The quantitative estimate of drug-likeness (QED) is 0.811. The van der Waals surface area contributed by atoms with Crippen molar-refractivity contribution in [2.24, 2.45) is 0 Å². The molecule has 0 radical (unpaired) electrons. The van der Waals surface area contributed by atoms with Crippen molar-refractivity contribution in [3.8, 4) is 0 Å². The van der Waals surface area contributed by atoms with E-state index in [1.807, 2.05) is 24.3 Å². The molecule has 1 N–H and O–H groups in total. The fraction of sp³-hybridized carbons (Fsp3) is 0.316. The molecule has 120 valence electrons. The maximum atomic E-state index is 14.0. The van der Waals surface area contributed by atoms with Gasteiger partial charge in [0.2, 0.25) is 0 Å². The summed E-state index contributed by atoms with van der Waals surface area (Å²) in [6, 6.07) is 13.5. The van der Waals surface area contributed by atoms with Crippen molar-refractivity contribution in [2.45, 2.75) is 39.3 Å². The van der Waals surface area contributed by atoms with Gasteiger partial charge in [-0.15, -0.1) is 0 Å². The van der Waals surface area contributed by atoms with E-state index in [9.17, 15) is 4.39 Å². The van der Waals surface area contributed by atoms with E-state index in [4.69, 9.17) is 12.2 Å². The lowest BCUT2D eigenvalue weighted by Gasteiger charge is -2.27. The first-order valence-electron chi connectivity index (χ1n) is 7.93. The van der Waals surface area contributed by atoms with Crippen LogP contribution >= 0.6 is 12.2 Å². The number of aryl methyl sites for hydroxylation is 1. The predicted molar refractivity (Wildman–Crippen MR) is 97.1 cm³/mol.